The normalized spacial score (nSPS) is 46.7. The zero-order valence-electron chi connectivity index (χ0n) is 6.44. The lowest BCUT2D eigenvalue weighted by Gasteiger charge is -1.89. The molecule has 2 fully saturated rings. The molecule has 2 heterocycles. The van der Waals surface area contributed by atoms with Crippen LogP contribution in [0.5, 0.6) is 0 Å². The van der Waals surface area contributed by atoms with Gasteiger partial charge in [-0.2, -0.15) is 0 Å². The van der Waals surface area contributed by atoms with Crippen LogP contribution < -0.4 is 0 Å². The fraction of sp³-hybridized carbons (Fsp3) is 0.857. The van der Waals surface area contributed by atoms with Gasteiger partial charge in [0.2, 0.25) is 0 Å². The quantitative estimate of drug-likeness (QED) is 0.409. The van der Waals surface area contributed by atoms with Crippen molar-refractivity contribution in [2.24, 2.45) is 0 Å². The Morgan fingerprint density at radius 3 is 2.45 bits per heavy atom. The maximum absolute atomic E-state index is 10.8. The number of esters is 1. The van der Waals surface area contributed by atoms with Gasteiger partial charge in [-0.3, -0.25) is 0 Å². The fourth-order valence-corrected chi connectivity index (χ4v) is 1.23. The lowest BCUT2D eigenvalue weighted by Crippen LogP contribution is -2.14. The van der Waals surface area contributed by atoms with Gasteiger partial charge in [0.15, 0.2) is 6.10 Å². The third-order valence-electron chi connectivity index (χ3n) is 2.04. The van der Waals surface area contributed by atoms with Gasteiger partial charge in [0.25, 0.3) is 0 Å². The molecule has 0 saturated carbocycles. The van der Waals surface area contributed by atoms with Crippen LogP contribution in [0.25, 0.3) is 0 Å². The van der Waals surface area contributed by atoms with E-state index in [2.05, 4.69) is 4.74 Å². The molecule has 4 atom stereocenters. The highest BCUT2D eigenvalue weighted by Crippen LogP contribution is 2.38. The maximum atomic E-state index is 10.8. The molecule has 2 aliphatic rings. The Morgan fingerprint density at radius 1 is 1.36 bits per heavy atom. The van der Waals surface area contributed by atoms with E-state index in [-0.39, 0.29) is 30.4 Å². The Morgan fingerprint density at radius 2 is 2.00 bits per heavy atom. The molecule has 4 heteroatoms. The summed E-state index contributed by atoms with van der Waals surface area (Å²) in [6.07, 6.45) is -0.0406. The summed E-state index contributed by atoms with van der Waals surface area (Å²) in [4.78, 5) is 10.8. The van der Waals surface area contributed by atoms with Crippen molar-refractivity contribution >= 4 is 5.97 Å². The van der Waals surface area contributed by atoms with Crippen molar-refractivity contribution in [2.75, 3.05) is 7.11 Å². The molecule has 0 aromatic rings. The zero-order valence-corrected chi connectivity index (χ0v) is 6.44. The molecule has 0 aromatic carbocycles. The first-order valence-corrected chi connectivity index (χ1v) is 3.63. The highest BCUT2D eigenvalue weighted by Gasteiger charge is 2.59. The number of hydrogen-bond donors (Lipinski definition) is 0. The van der Waals surface area contributed by atoms with Crippen LogP contribution in [0.1, 0.15) is 6.92 Å². The molecule has 62 valence electrons. The van der Waals surface area contributed by atoms with Crippen LogP contribution in [0.4, 0.5) is 0 Å². The van der Waals surface area contributed by atoms with Crippen molar-refractivity contribution in [2.45, 2.75) is 31.3 Å². The molecule has 0 N–H and O–H groups in total. The summed E-state index contributed by atoms with van der Waals surface area (Å²) in [7, 11) is 1.36. The summed E-state index contributed by atoms with van der Waals surface area (Å²) in [6, 6.07) is 0. The van der Waals surface area contributed by atoms with E-state index in [9.17, 15) is 4.79 Å². The molecule has 2 saturated heterocycles. The van der Waals surface area contributed by atoms with Crippen LogP contribution in [0.2, 0.25) is 0 Å². The molecule has 0 radical (unpaired) electrons. The largest absolute Gasteiger partial charge is 0.467 e. The van der Waals surface area contributed by atoms with Crippen LogP contribution in [-0.2, 0) is 19.0 Å². The van der Waals surface area contributed by atoms with Gasteiger partial charge in [-0.05, 0) is 6.92 Å². The van der Waals surface area contributed by atoms with Crippen LogP contribution in [0.3, 0.4) is 0 Å². The minimum Gasteiger partial charge on any atom is -0.467 e. The first kappa shape index (κ1) is 7.06. The predicted octanol–water partition coefficient (Wildman–Crippen LogP) is -0.286. The number of rotatable bonds is 2. The molecular weight excluding hydrogens is 148 g/mol. The highest BCUT2D eigenvalue weighted by molar-refractivity contribution is 5.78. The van der Waals surface area contributed by atoms with E-state index in [1.807, 2.05) is 6.92 Å². The third kappa shape index (κ3) is 1.12. The summed E-state index contributed by atoms with van der Waals surface area (Å²) >= 11 is 0. The van der Waals surface area contributed by atoms with Gasteiger partial charge in [-0.25, -0.2) is 4.79 Å². The zero-order chi connectivity index (χ0) is 8.01. The average Bonchev–Trinajstić information content (AvgIpc) is 2.81. The Kier molecular flexibility index (Phi) is 1.40. The molecule has 2 aliphatic heterocycles. The number of hydrogen-bond acceptors (Lipinski definition) is 4. The van der Waals surface area contributed by atoms with E-state index in [1.54, 1.807) is 0 Å². The second-order valence-electron chi connectivity index (χ2n) is 2.85. The Bertz CT molecular complexity index is 191. The van der Waals surface area contributed by atoms with Gasteiger partial charge in [-0.15, -0.1) is 0 Å². The van der Waals surface area contributed by atoms with E-state index in [4.69, 9.17) is 9.47 Å². The Labute approximate surface area is 64.4 Å². The molecule has 0 aliphatic carbocycles. The van der Waals surface area contributed by atoms with E-state index in [0.29, 0.717) is 0 Å². The molecular formula is C7H10O4. The molecule has 0 spiro atoms. The predicted molar refractivity (Wildman–Crippen MR) is 35.0 cm³/mol. The second-order valence-corrected chi connectivity index (χ2v) is 2.85. The standard InChI is InChI=1S/C7H10O4/c1-3-4(10-3)5-6(11-5)7(8)9-2/h3-6H,1-2H3. The summed E-state index contributed by atoms with van der Waals surface area (Å²) in [5.74, 6) is -0.294. The van der Waals surface area contributed by atoms with Gasteiger partial charge < -0.3 is 14.2 Å². The number of carbonyl (C=O) groups excluding carboxylic acids is 1. The van der Waals surface area contributed by atoms with Gasteiger partial charge in [0, 0.05) is 0 Å². The number of ether oxygens (including phenoxy) is 3. The number of carbonyl (C=O) groups is 1. The first-order chi connectivity index (χ1) is 5.24. The van der Waals surface area contributed by atoms with Gasteiger partial charge >= 0.3 is 5.97 Å². The smallest absolute Gasteiger partial charge is 0.337 e. The van der Waals surface area contributed by atoms with E-state index >= 15 is 0 Å². The first-order valence-electron chi connectivity index (χ1n) is 3.63. The van der Waals surface area contributed by atoms with Gasteiger partial charge in [0.05, 0.1) is 13.2 Å². The lowest BCUT2D eigenvalue weighted by atomic mass is 10.2. The fourth-order valence-electron chi connectivity index (χ4n) is 1.23. The maximum Gasteiger partial charge on any atom is 0.337 e. The minimum absolute atomic E-state index is 0.0440. The van der Waals surface area contributed by atoms with Crippen molar-refractivity contribution in [1.29, 1.82) is 0 Å². The molecule has 2 rings (SSSR count). The third-order valence-corrected chi connectivity index (χ3v) is 2.04. The molecule has 4 unspecified atom stereocenters. The summed E-state index contributed by atoms with van der Waals surface area (Å²) in [5.41, 5.74) is 0. The molecule has 0 amide bonds. The lowest BCUT2D eigenvalue weighted by molar-refractivity contribution is -0.142. The number of methoxy groups -OCH3 is 1. The summed E-state index contributed by atoms with van der Waals surface area (Å²) in [5, 5.41) is 0. The monoisotopic (exact) mass is 158 g/mol. The van der Waals surface area contributed by atoms with Crippen molar-refractivity contribution in [3.05, 3.63) is 0 Å². The van der Waals surface area contributed by atoms with Gasteiger partial charge in [0.1, 0.15) is 12.2 Å². The van der Waals surface area contributed by atoms with Crippen molar-refractivity contribution in [3.63, 3.8) is 0 Å². The summed E-state index contributed by atoms with van der Waals surface area (Å²) < 4.78 is 14.7. The second kappa shape index (κ2) is 2.19. The van der Waals surface area contributed by atoms with E-state index in [1.165, 1.54) is 7.11 Å². The molecule has 0 bridgehead atoms. The highest BCUT2D eigenvalue weighted by atomic mass is 16.7. The molecule has 0 aromatic heterocycles. The topological polar surface area (TPSA) is 51.4 Å². The summed E-state index contributed by atoms with van der Waals surface area (Å²) in [6.45, 7) is 1.96. The van der Waals surface area contributed by atoms with Crippen LogP contribution >= 0.6 is 0 Å². The average molecular weight is 158 g/mol. The minimum atomic E-state index is -0.366. The van der Waals surface area contributed by atoms with Crippen LogP contribution in [0.15, 0.2) is 0 Å². The SMILES string of the molecule is COC(=O)C1OC1C1OC1C. The Balaban J connectivity index is 1.82. The Hall–Kier alpha value is -0.610. The van der Waals surface area contributed by atoms with Crippen molar-refractivity contribution in [1.82, 2.24) is 0 Å². The van der Waals surface area contributed by atoms with Crippen LogP contribution in [-0.4, -0.2) is 37.5 Å². The number of epoxide rings is 2. The van der Waals surface area contributed by atoms with Crippen LogP contribution in [0, 0.1) is 0 Å². The van der Waals surface area contributed by atoms with Crippen molar-refractivity contribution in [3.8, 4) is 0 Å². The molecule has 4 nitrogen and oxygen atoms in total. The van der Waals surface area contributed by atoms with Crippen molar-refractivity contribution < 1.29 is 19.0 Å². The van der Waals surface area contributed by atoms with E-state index in [0.717, 1.165) is 0 Å². The van der Waals surface area contributed by atoms with Gasteiger partial charge in [-0.1, -0.05) is 0 Å². The van der Waals surface area contributed by atoms with E-state index < -0.39 is 0 Å². The molecule has 11 heavy (non-hydrogen) atoms.